The van der Waals surface area contributed by atoms with E-state index in [2.05, 4.69) is 27.1 Å². The Balaban J connectivity index is 1.68. The van der Waals surface area contributed by atoms with Crippen molar-refractivity contribution < 1.29 is 0 Å². The van der Waals surface area contributed by atoms with Crippen LogP contribution >= 0.6 is 11.3 Å². The van der Waals surface area contributed by atoms with E-state index in [1.165, 1.54) is 28.7 Å². The molecule has 1 aliphatic carbocycles. The molecule has 21 heavy (non-hydrogen) atoms. The SMILES string of the molecule is CCc1cc(=O)n2nc(N3CC4CC=CCC4C3)sc2n1. The fourth-order valence-electron chi connectivity index (χ4n) is 3.33. The molecule has 0 radical (unpaired) electrons. The van der Waals surface area contributed by atoms with Crippen LogP contribution in [0.4, 0.5) is 5.13 Å². The van der Waals surface area contributed by atoms with Crippen molar-refractivity contribution in [3.05, 3.63) is 34.3 Å². The number of allylic oxidation sites excluding steroid dienone is 2. The maximum atomic E-state index is 12.1. The van der Waals surface area contributed by atoms with Crippen molar-refractivity contribution in [2.75, 3.05) is 18.0 Å². The summed E-state index contributed by atoms with van der Waals surface area (Å²) in [6.07, 6.45) is 7.71. The van der Waals surface area contributed by atoms with E-state index in [1.807, 2.05) is 6.92 Å². The molecule has 0 N–H and O–H groups in total. The van der Waals surface area contributed by atoms with Crippen LogP contribution in [0.5, 0.6) is 0 Å². The summed E-state index contributed by atoms with van der Waals surface area (Å²) in [7, 11) is 0. The Morgan fingerprint density at radius 1 is 1.29 bits per heavy atom. The largest absolute Gasteiger partial charge is 0.346 e. The van der Waals surface area contributed by atoms with E-state index in [0.717, 1.165) is 42.2 Å². The van der Waals surface area contributed by atoms with Gasteiger partial charge in [-0.25, -0.2) is 4.98 Å². The first-order valence-electron chi connectivity index (χ1n) is 7.54. The van der Waals surface area contributed by atoms with Gasteiger partial charge in [0.2, 0.25) is 10.1 Å². The third-order valence-corrected chi connectivity index (χ3v) is 5.51. The molecule has 1 fully saturated rings. The molecule has 2 unspecified atom stereocenters. The maximum absolute atomic E-state index is 12.1. The van der Waals surface area contributed by atoms with E-state index in [4.69, 9.17) is 0 Å². The van der Waals surface area contributed by atoms with E-state index < -0.39 is 0 Å². The average Bonchev–Trinajstić information content (AvgIpc) is 3.10. The molecule has 0 amide bonds. The van der Waals surface area contributed by atoms with Crippen molar-refractivity contribution in [2.45, 2.75) is 26.2 Å². The van der Waals surface area contributed by atoms with Gasteiger partial charge in [0.1, 0.15) is 0 Å². The number of hydrogen-bond donors (Lipinski definition) is 0. The molecule has 2 aromatic rings. The number of aromatic nitrogens is 3. The maximum Gasteiger partial charge on any atom is 0.275 e. The van der Waals surface area contributed by atoms with E-state index in [-0.39, 0.29) is 5.56 Å². The third-order valence-electron chi connectivity index (χ3n) is 4.54. The molecule has 3 heterocycles. The van der Waals surface area contributed by atoms with Crippen molar-refractivity contribution in [1.29, 1.82) is 0 Å². The van der Waals surface area contributed by atoms with Crippen LogP contribution in [0.25, 0.3) is 4.96 Å². The molecule has 1 saturated heterocycles. The Bertz CT molecular complexity index is 747. The van der Waals surface area contributed by atoms with Gasteiger partial charge in [-0.05, 0) is 31.1 Å². The Hall–Kier alpha value is -1.69. The van der Waals surface area contributed by atoms with Gasteiger partial charge >= 0.3 is 0 Å². The van der Waals surface area contributed by atoms with Crippen LogP contribution in [0.15, 0.2) is 23.0 Å². The fraction of sp³-hybridized carbons (Fsp3) is 0.533. The highest BCUT2D eigenvalue weighted by Gasteiger charge is 2.34. The summed E-state index contributed by atoms with van der Waals surface area (Å²) in [4.78, 5) is 19.6. The summed E-state index contributed by atoms with van der Waals surface area (Å²) in [5.41, 5.74) is 0.770. The zero-order valence-electron chi connectivity index (χ0n) is 12.0. The van der Waals surface area contributed by atoms with Gasteiger partial charge < -0.3 is 4.90 Å². The fourth-order valence-corrected chi connectivity index (χ4v) is 4.27. The topological polar surface area (TPSA) is 50.5 Å². The van der Waals surface area contributed by atoms with Crippen molar-refractivity contribution in [1.82, 2.24) is 14.6 Å². The van der Waals surface area contributed by atoms with E-state index in [9.17, 15) is 4.79 Å². The molecule has 0 bridgehead atoms. The van der Waals surface area contributed by atoms with E-state index in [1.54, 1.807) is 6.07 Å². The van der Waals surface area contributed by atoms with Crippen LogP contribution in [0.2, 0.25) is 0 Å². The second-order valence-corrected chi connectivity index (χ2v) is 6.82. The highest BCUT2D eigenvalue weighted by atomic mass is 32.1. The lowest BCUT2D eigenvalue weighted by atomic mass is 9.86. The molecule has 0 spiro atoms. The van der Waals surface area contributed by atoms with Crippen LogP contribution in [-0.4, -0.2) is 27.7 Å². The summed E-state index contributed by atoms with van der Waals surface area (Å²) >= 11 is 1.53. The van der Waals surface area contributed by atoms with Gasteiger partial charge in [0.15, 0.2) is 0 Å². The molecular weight excluding hydrogens is 284 g/mol. The van der Waals surface area contributed by atoms with Crippen molar-refractivity contribution in [3.63, 3.8) is 0 Å². The summed E-state index contributed by atoms with van der Waals surface area (Å²) < 4.78 is 1.44. The molecule has 1 aliphatic heterocycles. The van der Waals surface area contributed by atoms with Gasteiger partial charge in [0, 0.05) is 24.8 Å². The number of fused-ring (bicyclic) bond motifs is 2. The molecule has 2 aliphatic rings. The normalized spacial score (nSPS) is 24.7. The Labute approximate surface area is 126 Å². The number of hydrogen-bond acceptors (Lipinski definition) is 5. The summed E-state index contributed by atoms with van der Waals surface area (Å²) in [5, 5.41) is 5.43. The van der Waals surface area contributed by atoms with Crippen molar-refractivity contribution >= 4 is 21.4 Å². The van der Waals surface area contributed by atoms with Crippen LogP contribution in [0.1, 0.15) is 25.5 Å². The minimum atomic E-state index is -0.0716. The van der Waals surface area contributed by atoms with E-state index in [0.29, 0.717) is 4.96 Å². The molecule has 110 valence electrons. The molecule has 5 nitrogen and oxygen atoms in total. The molecule has 6 heteroatoms. The Kier molecular flexibility index (Phi) is 3.06. The first-order valence-corrected chi connectivity index (χ1v) is 8.36. The zero-order chi connectivity index (χ0) is 14.4. The molecule has 2 atom stereocenters. The standard InChI is InChI=1S/C15H18N4OS/c1-2-12-7-13(20)19-14(16-12)21-15(17-19)18-8-10-5-3-4-6-11(10)9-18/h3-4,7,10-11H,2,5-6,8-9H2,1H3. The second kappa shape index (κ2) is 4.94. The molecule has 2 aromatic heterocycles. The first-order chi connectivity index (χ1) is 10.2. The molecule has 0 saturated carbocycles. The van der Waals surface area contributed by atoms with Crippen LogP contribution < -0.4 is 10.5 Å². The number of nitrogens with zero attached hydrogens (tertiary/aromatic N) is 4. The molecule has 4 rings (SSSR count). The van der Waals surface area contributed by atoms with E-state index >= 15 is 0 Å². The zero-order valence-corrected chi connectivity index (χ0v) is 12.8. The average molecular weight is 302 g/mol. The Morgan fingerprint density at radius 2 is 2.00 bits per heavy atom. The van der Waals surface area contributed by atoms with Crippen LogP contribution in [0.3, 0.4) is 0 Å². The Morgan fingerprint density at radius 3 is 2.67 bits per heavy atom. The van der Waals surface area contributed by atoms with Crippen LogP contribution in [-0.2, 0) is 6.42 Å². The minimum Gasteiger partial charge on any atom is -0.346 e. The predicted molar refractivity (Wildman–Crippen MR) is 84.1 cm³/mol. The summed E-state index contributed by atoms with van der Waals surface area (Å²) in [6, 6.07) is 1.59. The second-order valence-electron chi connectivity index (χ2n) is 5.89. The van der Waals surface area contributed by atoms with Gasteiger partial charge in [-0.2, -0.15) is 4.52 Å². The summed E-state index contributed by atoms with van der Waals surface area (Å²) in [6.45, 7) is 4.10. The van der Waals surface area contributed by atoms with Gasteiger partial charge in [-0.1, -0.05) is 30.4 Å². The lowest BCUT2D eigenvalue weighted by Crippen LogP contribution is -2.21. The highest BCUT2D eigenvalue weighted by molar-refractivity contribution is 7.20. The summed E-state index contributed by atoms with van der Waals surface area (Å²) in [5.74, 6) is 1.47. The number of rotatable bonds is 2. The molecule has 0 aromatic carbocycles. The number of aryl methyl sites for hydroxylation is 1. The third kappa shape index (κ3) is 2.18. The van der Waals surface area contributed by atoms with Crippen LogP contribution in [0, 0.1) is 11.8 Å². The number of anilines is 1. The molecular formula is C15H18N4OS. The van der Waals surface area contributed by atoms with Gasteiger partial charge in [-0.3, -0.25) is 4.79 Å². The van der Waals surface area contributed by atoms with Gasteiger partial charge in [-0.15, -0.1) is 5.10 Å². The minimum absolute atomic E-state index is 0.0716. The van der Waals surface area contributed by atoms with Crippen molar-refractivity contribution in [2.24, 2.45) is 11.8 Å². The quantitative estimate of drug-likeness (QED) is 0.797. The lowest BCUT2D eigenvalue weighted by Gasteiger charge is -2.17. The van der Waals surface area contributed by atoms with Gasteiger partial charge in [0.05, 0.1) is 0 Å². The smallest absolute Gasteiger partial charge is 0.275 e. The van der Waals surface area contributed by atoms with Crippen molar-refractivity contribution in [3.8, 4) is 0 Å². The predicted octanol–water partition coefficient (Wildman–Crippen LogP) is 2.12. The monoisotopic (exact) mass is 302 g/mol. The highest BCUT2D eigenvalue weighted by Crippen LogP contribution is 2.36. The van der Waals surface area contributed by atoms with Gasteiger partial charge in [0.25, 0.3) is 5.56 Å². The first kappa shape index (κ1) is 13.0. The lowest BCUT2D eigenvalue weighted by molar-refractivity contribution is 0.411.